The number of nitrogens with one attached hydrogen (secondary N) is 1. The molecular formula is C17H35N3O4. The number of carbonyl (C=O) groups is 2. The van der Waals surface area contributed by atoms with E-state index in [1.165, 1.54) is 0 Å². The zero-order valence-corrected chi connectivity index (χ0v) is 15.2. The van der Waals surface area contributed by atoms with Gasteiger partial charge in [0.25, 0.3) is 0 Å². The number of carbonyl (C=O) groups excluding carboxylic acids is 2. The summed E-state index contributed by atoms with van der Waals surface area (Å²) in [6, 6.07) is -0.818. The fraction of sp³-hybridized carbons (Fsp3) is 0.882. The van der Waals surface area contributed by atoms with E-state index in [9.17, 15) is 9.59 Å². The summed E-state index contributed by atoms with van der Waals surface area (Å²) in [4.78, 5) is 22.5. The molecule has 7 heteroatoms. The Labute approximate surface area is 145 Å². The lowest BCUT2D eigenvalue weighted by Crippen LogP contribution is -2.38. The van der Waals surface area contributed by atoms with Gasteiger partial charge in [-0.05, 0) is 46.0 Å². The average Bonchev–Trinajstić information content (AvgIpc) is 2.54. The highest BCUT2D eigenvalue weighted by Crippen LogP contribution is 2.00. The fourth-order valence-corrected chi connectivity index (χ4v) is 1.89. The third-order valence-electron chi connectivity index (χ3n) is 3.48. The maximum atomic E-state index is 11.3. The third-order valence-corrected chi connectivity index (χ3v) is 3.48. The molecule has 7 nitrogen and oxygen atoms in total. The molecule has 2 unspecified atom stereocenters. The molecular weight excluding hydrogens is 310 g/mol. The van der Waals surface area contributed by atoms with Gasteiger partial charge in [-0.2, -0.15) is 0 Å². The van der Waals surface area contributed by atoms with Crippen molar-refractivity contribution in [2.75, 3.05) is 33.0 Å². The van der Waals surface area contributed by atoms with Gasteiger partial charge >= 0.3 is 0 Å². The molecule has 0 aromatic heterocycles. The Bertz CT molecular complexity index is 304. The van der Waals surface area contributed by atoms with E-state index < -0.39 is 6.04 Å². The van der Waals surface area contributed by atoms with Gasteiger partial charge in [-0.15, -0.1) is 0 Å². The van der Waals surface area contributed by atoms with Crippen LogP contribution in [-0.2, 0) is 19.1 Å². The quantitative estimate of drug-likeness (QED) is 0.355. The molecule has 0 bridgehead atoms. The van der Waals surface area contributed by atoms with Crippen molar-refractivity contribution in [3.05, 3.63) is 0 Å². The predicted molar refractivity (Wildman–Crippen MR) is 94.7 cm³/mol. The summed E-state index contributed by atoms with van der Waals surface area (Å²) < 4.78 is 11.0. The highest BCUT2D eigenvalue weighted by molar-refractivity contribution is 5.83. The van der Waals surface area contributed by atoms with Gasteiger partial charge in [0, 0.05) is 39.4 Å². The molecule has 5 N–H and O–H groups in total. The van der Waals surface area contributed by atoms with E-state index >= 15 is 0 Å². The van der Waals surface area contributed by atoms with Crippen LogP contribution in [-0.4, -0.2) is 56.7 Å². The lowest BCUT2D eigenvalue weighted by Gasteiger charge is -2.08. The van der Waals surface area contributed by atoms with E-state index in [-0.39, 0.29) is 17.7 Å². The van der Waals surface area contributed by atoms with Crippen LogP contribution in [0, 0.1) is 0 Å². The Morgan fingerprint density at radius 3 is 1.83 bits per heavy atom. The molecule has 0 fully saturated rings. The molecule has 1 amide bonds. The van der Waals surface area contributed by atoms with E-state index in [4.69, 9.17) is 20.9 Å². The van der Waals surface area contributed by atoms with E-state index in [1.54, 1.807) is 13.8 Å². The smallest absolute Gasteiger partial charge is 0.236 e. The monoisotopic (exact) mass is 345 g/mol. The van der Waals surface area contributed by atoms with E-state index in [0.29, 0.717) is 32.8 Å². The zero-order valence-electron chi connectivity index (χ0n) is 15.2. The number of rotatable bonds is 16. The largest absolute Gasteiger partial charge is 0.381 e. The number of unbranched alkanes of at least 4 members (excludes halogenated alkanes) is 2. The van der Waals surface area contributed by atoms with Crippen LogP contribution in [0.4, 0.5) is 0 Å². The Kier molecular flexibility index (Phi) is 14.8. The summed E-state index contributed by atoms with van der Waals surface area (Å²) in [5.41, 5.74) is 10.9. The van der Waals surface area contributed by atoms with Crippen molar-refractivity contribution in [2.24, 2.45) is 11.5 Å². The Hall–Kier alpha value is -1.02. The molecule has 0 radical (unpaired) electrons. The van der Waals surface area contributed by atoms with Crippen molar-refractivity contribution >= 4 is 11.7 Å². The summed E-state index contributed by atoms with van der Waals surface area (Å²) in [6.45, 7) is 6.71. The first-order chi connectivity index (χ1) is 11.4. The van der Waals surface area contributed by atoms with E-state index in [1.807, 2.05) is 0 Å². The van der Waals surface area contributed by atoms with Gasteiger partial charge in [0.15, 0.2) is 0 Å². The van der Waals surface area contributed by atoms with Crippen molar-refractivity contribution in [3.63, 3.8) is 0 Å². The first-order valence-corrected chi connectivity index (χ1v) is 8.92. The number of hydrogen-bond donors (Lipinski definition) is 3. The summed E-state index contributed by atoms with van der Waals surface area (Å²) in [6.07, 6.45) is 4.97. The second kappa shape index (κ2) is 15.5. The highest BCUT2D eigenvalue weighted by Gasteiger charge is 2.06. The van der Waals surface area contributed by atoms with Crippen LogP contribution in [0.1, 0.15) is 52.4 Å². The topological polar surface area (TPSA) is 117 Å². The van der Waals surface area contributed by atoms with Crippen LogP contribution >= 0.6 is 0 Å². The fourth-order valence-electron chi connectivity index (χ4n) is 1.89. The van der Waals surface area contributed by atoms with Crippen molar-refractivity contribution in [2.45, 2.75) is 64.5 Å². The molecule has 0 aliphatic carbocycles. The van der Waals surface area contributed by atoms with Crippen LogP contribution in [0.3, 0.4) is 0 Å². The van der Waals surface area contributed by atoms with E-state index in [2.05, 4.69) is 5.32 Å². The molecule has 0 saturated heterocycles. The molecule has 142 valence electrons. The van der Waals surface area contributed by atoms with Crippen molar-refractivity contribution in [1.82, 2.24) is 5.32 Å². The lowest BCUT2D eigenvalue weighted by molar-refractivity contribution is -0.122. The van der Waals surface area contributed by atoms with Gasteiger partial charge in [-0.1, -0.05) is 0 Å². The molecule has 0 aliphatic rings. The minimum Gasteiger partial charge on any atom is -0.381 e. The van der Waals surface area contributed by atoms with Gasteiger partial charge in [0.2, 0.25) is 5.91 Å². The molecule has 2 atom stereocenters. The number of amides is 1. The van der Waals surface area contributed by atoms with E-state index in [0.717, 1.165) is 38.7 Å². The van der Waals surface area contributed by atoms with Gasteiger partial charge in [0.1, 0.15) is 5.78 Å². The standard InChI is InChI=1S/C17H35N3O4/c1-14(18)16(21)8-3-4-10-23-11-5-6-12-24-13-7-9-20-17(22)15(2)19/h14-15H,3-13,18-19H2,1-2H3,(H,20,22). The molecule has 24 heavy (non-hydrogen) atoms. The van der Waals surface area contributed by atoms with Gasteiger partial charge in [-0.3, -0.25) is 9.59 Å². The van der Waals surface area contributed by atoms with Gasteiger partial charge in [-0.25, -0.2) is 0 Å². The normalized spacial score (nSPS) is 13.5. The van der Waals surface area contributed by atoms with Crippen molar-refractivity contribution in [3.8, 4) is 0 Å². The summed E-state index contributed by atoms with van der Waals surface area (Å²) in [5, 5.41) is 2.74. The maximum Gasteiger partial charge on any atom is 0.236 e. The van der Waals surface area contributed by atoms with Gasteiger partial charge in [0.05, 0.1) is 12.1 Å². The number of Topliss-reactive ketones (excluding diaryl/α,β-unsaturated/α-hetero) is 1. The maximum absolute atomic E-state index is 11.3. The van der Waals surface area contributed by atoms with Crippen LogP contribution in [0.15, 0.2) is 0 Å². The zero-order chi connectivity index (χ0) is 18.2. The van der Waals surface area contributed by atoms with Crippen LogP contribution in [0.5, 0.6) is 0 Å². The average molecular weight is 345 g/mol. The molecule has 0 saturated carbocycles. The Morgan fingerprint density at radius 2 is 1.33 bits per heavy atom. The molecule has 0 spiro atoms. The van der Waals surface area contributed by atoms with Gasteiger partial charge < -0.3 is 26.3 Å². The molecule has 0 aromatic carbocycles. The van der Waals surface area contributed by atoms with Crippen molar-refractivity contribution < 1.29 is 19.1 Å². The molecule has 0 aromatic rings. The van der Waals surface area contributed by atoms with Crippen LogP contribution in [0.25, 0.3) is 0 Å². The Morgan fingerprint density at radius 1 is 0.833 bits per heavy atom. The summed E-state index contributed by atoms with van der Waals surface area (Å²) in [7, 11) is 0. The van der Waals surface area contributed by atoms with Crippen LogP contribution < -0.4 is 16.8 Å². The lowest BCUT2D eigenvalue weighted by atomic mass is 10.1. The second-order valence-corrected chi connectivity index (χ2v) is 6.08. The minimum absolute atomic E-state index is 0.115. The number of nitrogens with two attached hydrogens (primary N) is 2. The Balaban J connectivity index is 3.15. The summed E-state index contributed by atoms with van der Waals surface area (Å²) in [5.74, 6) is -0.0155. The first-order valence-electron chi connectivity index (χ1n) is 8.92. The molecule has 0 heterocycles. The molecule has 0 aliphatic heterocycles. The predicted octanol–water partition coefficient (Wildman–Crippen LogP) is 0.740. The SMILES string of the molecule is CC(N)C(=O)CCCCOCCCCOCCCNC(=O)C(C)N. The highest BCUT2D eigenvalue weighted by atomic mass is 16.5. The summed E-state index contributed by atoms with van der Waals surface area (Å²) >= 11 is 0. The van der Waals surface area contributed by atoms with Crippen molar-refractivity contribution in [1.29, 1.82) is 0 Å². The first kappa shape index (κ1) is 23.0. The van der Waals surface area contributed by atoms with Crippen LogP contribution in [0.2, 0.25) is 0 Å². The second-order valence-electron chi connectivity index (χ2n) is 6.08. The number of ketones is 1. The number of hydrogen-bond acceptors (Lipinski definition) is 6. The third kappa shape index (κ3) is 14.6. The molecule has 0 rings (SSSR count). The number of ether oxygens (including phenoxy) is 2. The minimum atomic E-state index is -0.462.